The van der Waals surface area contributed by atoms with Gasteiger partial charge in [0.2, 0.25) is 0 Å². The molecule has 0 bridgehead atoms. The van der Waals surface area contributed by atoms with Crippen molar-refractivity contribution in [2.45, 2.75) is 46.0 Å². The Bertz CT molecular complexity index is 871. The summed E-state index contributed by atoms with van der Waals surface area (Å²) in [6.07, 6.45) is 11.9. The number of hydrogen-bond donors (Lipinski definition) is 1. The van der Waals surface area contributed by atoms with Gasteiger partial charge in [-0.05, 0) is 48.1 Å². The first-order valence-corrected chi connectivity index (χ1v) is 8.87. The van der Waals surface area contributed by atoms with Crippen molar-refractivity contribution in [3.8, 4) is 11.1 Å². The molecule has 0 saturated heterocycles. The minimum absolute atomic E-state index is 0.418. The Morgan fingerprint density at radius 3 is 2.79 bits per heavy atom. The lowest BCUT2D eigenvalue weighted by Gasteiger charge is -2.39. The molecule has 126 valence electrons. The molecule has 0 spiro atoms. The van der Waals surface area contributed by atoms with Crippen molar-refractivity contribution in [3.05, 3.63) is 36.4 Å². The second kappa shape index (κ2) is 5.47. The molecule has 1 aliphatic rings. The van der Waals surface area contributed by atoms with Gasteiger partial charge in [0.1, 0.15) is 5.65 Å². The average molecular weight is 322 g/mol. The highest BCUT2D eigenvalue weighted by molar-refractivity contribution is 5.93. The van der Waals surface area contributed by atoms with Gasteiger partial charge in [-0.2, -0.15) is 5.10 Å². The van der Waals surface area contributed by atoms with Crippen LogP contribution in [0.25, 0.3) is 22.2 Å². The lowest BCUT2D eigenvalue weighted by atomic mass is 9.66. The van der Waals surface area contributed by atoms with Gasteiger partial charge in [0.25, 0.3) is 0 Å². The summed E-state index contributed by atoms with van der Waals surface area (Å²) in [4.78, 5) is 8.00. The number of aryl methyl sites for hydroxylation is 1. The van der Waals surface area contributed by atoms with Gasteiger partial charge >= 0.3 is 0 Å². The molecule has 0 amide bonds. The van der Waals surface area contributed by atoms with Crippen LogP contribution in [0.5, 0.6) is 0 Å². The van der Waals surface area contributed by atoms with Gasteiger partial charge in [-0.1, -0.05) is 20.8 Å². The summed E-state index contributed by atoms with van der Waals surface area (Å²) < 4.78 is 1.84. The van der Waals surface area contributed by atoms with Crippen LogP contribution in [-0.4, -0.2) is 19.7 Å². The first kappa shape index (κ1) is 15.4. The van der Waals surface area contributed by atoms with Crippen LogP contribution >= 0.6 is 0 Å². The van der Waals surface area contributed by atoms with Crippen LogP contribution in [0, 0.1) is 11.3 Å². The van der Waals surface area contributed by atoms with E-state index in [4.69, 9.17) is 4.98 Å². The molecule has 4 heteroatoms. The summed E-state index contributed by atoms with van der Waals surface area (Å²) >= 11 is 0. The zero-order valence-corrected chi connectivity index (χ0v) is 15.0. The summed E-state index contributed by atoms with van der Waals surface area (Å²) in [7, 11) is 1.95. The fourth-order valence-electron chi connectivity index (χ4n) is 4.64. The Balaban J connectivity index is 1.75. The first-order valence-electron chi connectivity index (χ1n) is 8.87. The molecule has 4 nitrogen and oxygen atoms in total. The summed E-state index contributed by atoms with van der Waals surface area (Å²) in [5.41, 5.74) is 5.09. The van der Waals surface area contributed by atoms with Crippen molar-refractivity contribution in [2.75, 3.05) is 0 Å². The maximum Gasteiger partial charge on any atom is 0.137 e. The van der Waals surface area contributed by atoms with Crippen LogP contribution in [0.15, 0.2) is 30.9 Å². The Labute approximate surface area is 143 Å². The van der Waals surface area contributed by atoms with E-state index in [-0.39, 0.29) is 0 Å². The normalized spacial score (nSPS) is 23.7. The van der Waals surface area contributed by atoms with Gasteiger partial charge in [0, 0.05) is 42.2 Å². The number of rotatable bonds is 2. The Kier molecular flexibility index (Phi) is 3.52. The lowest BCUT2D eigenvalue weighted by molar-refractivity contribution is 0.168. The van der Waals surface area contributed by atoms with Gasteiger partial charge in [-0.15, -0.1) is 0 Å². The fraction of sp³-hybridized carbons (Fsp3) is 0.500. The third-order valence-corrected chi connectivity index (χ3v) is 5.43. The topological polar surface area (TPSA) is 46.5 Å². The highest BCUT2D eigenvalue weighted by Gasteiger charge is 2.33. The van der Waals surface area contributed by atoms with Crippen LogP contribution < -0.4 is 0 Å². The molecule has 1 saturated carbocycles. The van der Waals surface area contributed by atoms with Crippen LogP contribution in [0.1, 0.15) is 51.5 Å². The molecule has 2 unspecified atom stereocenters. The molecular formula is C20H26N4. The minimum Gasteiger partial charge on any atom is -0.346 e. The lowest BCUT2D eigenvalue weighted by Crippen LogP contribution is -2.26. The SMILES string of the molecule is CC1CC(c2cnc3[nH]cc(-c4cnn(C)c4)c3c2)CC(C)(C)C1. The second-order valence-corrected chi connectivity index (χ2v) is 8.38. The number of hydrogen-bond acceptors (Lipinski definition) is 2. The second-order valence-electron chi connectivity index (χ2n) is 8.38. The van der Waals surface area contributed by atoms with Crippen molar-refractivity contribution in [1.29, 1.82) is 0 Å². The molecule has 0 radical (unpaired) electrons. The summed E-state index contributed by atoms with van der Waals surface area (Å²) in [5.74, 6) is 1.38. The van der Waals surface area contributed by atoms with E-state index < -0.39 is 0 Å². The van der Waals surface area contributed by atoms with Crippen molar-refractivity contribution in [3.63, 3.8) is 0 Å². The summed E-state index contributed by atoms with van der Waals surface area (Å²) in [6.45, 7) is 7.19. The highest BCUT2D eigenvalue weighted by Crippen LogP contribution is 2.46. The van der Waals surface area contributed by atoms with Crippen molar-refractivity contribution in [2.24, 2.45) is 18.4 Å². The first-order chi connectivity index (χ1) is 11.4. The molecule has 3 heterocycles. The molecule has 1 N–H and O–H groups in total. The molecule has 0 aromatic carbocycles. The van der Waals surface area contributed by atoms with Gasteiger partial charge < -0.3 is 4.98 Å². The predicted octanol–water partition coefficient (Wildman–Crippen LogP) is 4.89. The third-order valence-electron chi connectivity index (χ3n) is 5.43. The van der Waals surface area contributed by atoms with Gasteiger partial charge in [0.15, 0.2) is 0 Å². The summed E-state index contributed by atoms with van der Waals surface area (Å²) in [6, 6.07) is 2.35. The standard InChI is InChI=1S/C20H26N4/c1-13-5-14(8-20(2,3)7-13)15-6-17-18(11-22-19(17)21-9-15)16-10-23-24(4)12-16/h6,9-14H,5,7-8H2,1-4H3,(H,21,22). The molecule has 1 aliphatic carbocycles. The molecule has 24 heavy (non-hydrogen) atoms. The van der Waals surface area contributed by atoms with E-state index in [0.29, 0.717) is 11.3 Å². The summed E-state index contributed by atoms with van der Waals surface area (Å²) in [5, 5.41) is 5.51. The smallest absolute Gasteiger partial charge is 0.137 e. The monoisotopic (exact) mass is 322 g/mol. The largest absolute Gasteiger partial charge is 0.346 e. The van der Waals surface area contributed by atoms with E-state index in [1.807, 2.05) is 24.1 Å². The Morgan fingerprint density at radius 2 is 2.08 bits per heavy atom. The van der Waals surface area contributed by atoms with Crippen molar-refractivity contribution >= 4 is 11.0 Å². The molecule has 4 rings (SSSR count). The van der Waals surface area contributed by atoms with Crippen LogP contribution in [0.4, 0.5) is 0 Å². The molecule has 1 fully saturated rings. The maximum absolute atomic E-state index is 4.70. The highest BCUT2D eigenvalue weighted by atomic mass is 15.2. The molecule has 0 aliphatic heterocycles. The number of aromatic nitrogens is 4. The van der Waals surface area contributed by atoms with E-state index in [1.165, 1.54) is 35.8 Å². The van der Waals surface area contributed by atoms with E-state index in [1.54, 1.807) is 0 Å². The number of H-pyrrole nitrogens is 1. The predicted molar refractivity (Wildman–Crippen MR) is 97.8 cm³/mol. The Morgan fingerprint density at radius 1 is 1.25 bits per heavy atom. The maximum atomic E-state index is 4.70. The number of fused-ring (bicyclic) bond motifs is 1. The van der Waals surface area contributed by atoms with E-state index in [0.717, 1.165) is 17.1 Å². The van der Waals surface area contributed by atoms with Gasteiger partial charge in [-0.3, -0.25) is 4.68 Å². The zero-order chi connectivity index (χ0) is 16.9. The number of aromatic amines is 1. The minimum atomic E-state index is 0.418. The number of pyridine rings is 1. The Hall–Kier alpha value is -2.10. The van der Waals surface area contributed by atoms with Crippen molar-refractivity contribution < 1.29 is 0 Å². The molecular weight excluding hydrogens is 296 g/mol. The van der Waals surface area contributed by atoms with E-state index in [2.05, 4.69) is 49.3 Å². The number of nitrogens with zero attached hydrogens (tertiary/aromatic N) is 3. The molecule has 3 aromatic heterocycles. The van der Waals surface area contributed by atoms with Crippen molar-refractivity contribution in [1.82, 2.24) is 19.7 Å². The van der Waals surface area contributed by atoms with Gasteiger partial charge in [-0.25, -0.2) is 4.98 Å². The fourth-order valence-corrected chi connectivity index (χ4v) is 4.64. The third kappa shape index (κ3) is 2.74. The van der Waals surface area contributed by atoms with Crippen LogP contribution in [0.2, 0.25) is 0 Å². The molecule has 3 aromatic rings. The average Bonchev–Trinajstić information content (AvgIpc) is 3.10. The molecule has 2 atom stereocenters. The van der Waals surface area contributed by atoms with E-state index >= 15 is 0 Å². The van der Waals surface area contributed by atoms with E-state index in [9.17, 15) is 0 Å². The quantitative estimate of drug-likeness (QED) is 0.730. The number of nitrogens with one attached hydrogen (secondary N) is 1. The van der Waals surface area contributed by atoms with Gasteiger partial charge in [0.05, 0.1) is 6.20 Å². The van der Waals surface area contributed by atoms with Crippen LogP contribution in [0.3, 0.4) is 0 Å². The zero-order valence-electron chi connectivity index (χ0n) is 15.0. The van der Waals surface area contributed by atoms with Crippen LogP contribution in [-0.2, 0) is 7.05 Å².